The van der Waals surface area contributed by atoms with Gasteiger partial charge in [0.25, 0.3) is 0 Å². The Hall–Kier alpha value is -0.140. The maximum atomic E-state index is 12.7. The van der Waals surface area contributed by atoms with E-state index in [4.69, 9.17) is 17.3 Å². The molecule has 0 aromatic heterocycles. The molecule has 1 aromatic carbocycles. The van der Waals surface area contributed by atoms with Crippen LogP contribution in [0.4, 0.5) is 0 Å². The molecule has 2 unspecified atom stereocenters. The van der Waals surface area contributed by atoms with Gasteiger partial charge in [-0.2, -0.15) is 4.31 Å². The number of sulfonamides is 1. The van der Waals surface area contributed by atoms with E-state index in [0.717, 1.165) is 10.9 Å². The molecule has 2 N–H and O–H groups in total. The highest BCUT2D eigenvalue weighted by Gasteiger charge is 2.34. The minimum Gasteiger partial charge on any atom is -0.330 e. The van der Waals surface area contributed by atoms with E-state index >= 15 is 0 Å². The van der Waals surface area contributed by atoms with Gasteiger partial charge in [0.15, 0.2) is 0 Å². The van der Waals surface area contributed by atoms with Gasteiger partial charge in [0.05, 0.1) is 5.02 Å². The Morgan fingerprint density at radius 2 is 2.20 bits per heavy atom. The third-order valence-corrected chi connectivity index (χ3v) is 6.73. The summed E-state index contributed by atoms with van der Waals surface area (Å²) in [7, 11) is -3.55. The molecule has 0 radical (unpaired) electrons. The number of benzene rings is 1. The zero-order valence-electron chi connectivity index (χ0n) is 11.2. The summed E-state index contributed by atoms with van der Waals surface area (Å²) in [5.74, 6) is 0.652. The first-order valence-electron chi connectivity index (χ1n) is 6.51. The fourth-order valence-electron chi connectivity index (χ4n) is 2.46. The van der Waals surface area contributed by atoms with Crippen LogP contribution in [0.2, 0.25) is 5.02 Å². The van der Waals surface area contributed by atoms with Gasteiger partial charge in [-0.25, -0.2) is 8.42 Å². The number of rotatable bonds is 3. The van der Waals surface area contributed by atoms with Crippen LogP contribution in [0.15, 0.2) is 27.6 Å². The minimum absolute atomic E-state index is 0.160. The number of halogens is 2. The normalized spacial score (nSPS) is 24.8. The predicted octanol–water partition coefficient (Wildman–Crippen LogP) is 2.71. The molecule has 0 bridgehead atoms. The second kappa shape index (κ2) is 6.32. The molecular weight excluding hydrogens is 364 g/mol. The Balaban J connectivity index is 2.31. The van der Waals surface area contributed by atoms with E-state index in [2.05, 4.69) is 22.9 Å². The molecule has 1 aliphatic heterocycles. The van der Waals surface area contributed by atoms with Crippen LogP contribution >= 0.6 is 27.5 Å². The number of hydrogen-bond donors (Lipinski definition) is 1. The van der Waals surface area contributed by atoms with Crippen molar-refractivity contribution in [3.63, 3.8) is 0 Å². The Kier molecular flexibility index (Phi) is 5.13. The van der Waals surface area contributed by atoms with Crippen molar-refractivity contribution in [3.05, 3.63) is 27.7 Å². The number of nitrogens with zero attached hydrogens (tertiary/aromatic N) is 1. The Labute approximate surface area is 133 Å². The number of piperidine rings is 1. The molecule has 0 saturated carbocycles. The van der Waals surface area contributed by atoms with Crippen molar-refractivity contribution in [3.8, 4) is 0 Å². The maximum absolute atomic E-state index is 12.7. The Morgan fingerprint density at radius 3 is 2.80 bits per heavy atom. The van der Waals surface area contributed by atoms with Gasteiger partial charge in [0, 0.05) is 17.6 Å². The van der Waals surface area contributed by atoms with E-state index in [0.29, 0.717) is 25.6 Å². The van der Waals surface area contributed by atoms with Gasteiger partial charge in [-0.15, -0.1) is 0 Å². The summed E-state index contributed by atoms with van der Waals surface area (Å²) < 4.78 is 27.6. The summed E-state index contributed by atoms with van der Waals surface area (Å²) in [4.78, 5) is 0.160. The molecule has 0 amide bonds. The quantitative estimate of drug-likeness (QED) is 0.875. The molecule has 2 atom stereocenters. The van der Waals surface area contributed by atoms with Crippen molar-refractivity contribution >= 4 is 37.6 Å². The van der Waals surface area contributed by atoms with Crippen molar-refractivity contribution in [2.75, 3.05) is 19.6 Å². The van der Waals surface area contributed by atoms with E-state index in [1.807, 2.05) is 0 Å². The summed E-state index contributed by atoms with van der Waals surface area (Å²) in [5.41, 5.74) is 5.73. The highest BCUT2D eigenvalue weighted by atomic mass is 79.9. The van der Waals surface area contributed by atoms with Crippen molar-refractivity contribution in [2.24, 2.45) is 17.6 Å². The summed E-state index contributed by atoms with van der Waals surface area (Å²) in [6.07, 6.45) is 0.829. The van der Waals surface area contributed by atoms with E-state index in [-0.39, 0.29) is 15.8 Å². The summed E-state index contributed by atoms with van der Waals surface area (Å²) in [6, 6.07) is 4.82. The smallest absolute Gasteiger partial charge is 0.244 e. The second-order valence-corrected chi connectivity index (χ2v) is 8.43. The highest BCUT2D eigenvalue weighted by Crippen LogP contribution is 2.31. The molecule has 7 heteroatoms. The van der Waals surface area contributed by atoms with Gasteiger partial charge < -0.3 is 5.73 Å². The van der Waals surface area contributed by atoms with Crippen LogP contribution in [0.25, 0.3) is 0 Å². The first-order valence-corrected chi connectivity index (χ1v) is 9.12. The largest absolute Gasteiger partial charge is 0.330 e. The molecule has 1 saturated heterocycles. The number of nitrogens with two attached hydrogens (primary N) is 1. The molecule has 0 aliphatic carbocycles. The van der Waals surface area contributed by atoms with E-state index in [9.17, 15) is 8.42 Å². The van der Waals surface area contributed by atoms with E-state index < -0.39 is 10.0 Å². The Morgan fingerprint density at radius 1 is 1.50 bits per heavy atom. The molecule has 1 heterocycles. The fourth-order valence-corrected chi connectivity index (χ4v) is 4.99. The monoisotopic (exact) mass is 380 g/mol. The zero-order valence-corrected chi connectivity index (χ0v) is 14.4. The van der Waals surface area contributed by atoms with Crippen LogP contribution < -0.4 is 5.73 Å². The molecule has 2 rings (SSSR count). The summed E-state index contributed by atoms with van der Waals surface area (Å²) >= 11 is 9.35. The van der Waals surface area contributed by atoms with Crippen molar-refractivity contribution in [1.82, 2.24) is 4.31 Å². The van der Waals surface area contributed by atoms with Crippen molar-refractivity contribution < 1.29 is 8.42 Å². The van der Waals surface area contributed by atoms with Crippen LogP contribution in [-0.2, 0) is 10.0 Å². The lowest BCUT2D eigenvalue weighted by atomic mass is 9.88. The SMILES string of the molecule is CC1CCN(S(=O)(=O)c2ccc(Br)cc2Cl)CC1CN. The highest BCUT2D eigenvalue weighted by molar-refractivity contribution is 9.10. The Bertz CT molecular complexity index is 594. The van der Waals surface area contributed by atoms with Crippen LogP contribution in [0, 0.1) is 11.8 Å². The summed E-state index contributed by atoms with van der Waals surface area (Å²) in [5, 5.41) is 0.238. The molecule has 112 valence electrons. The van der Waals surface area contributed by atoms with Gasteiger partial charge in [0.1, 0.15) is 4.90 Å². The van der Waals surface area contributed by atoms with Crippen LogP contribution in [0.3, 0.4) is 0 Å². The molecular formula is C13H18BrClN2O2S. The van der Waals surface area contributed by atoms with E-state index in [1.165, 1.54) is 10.4 Å². The lowest BCUT2D eigenvalue weighted by Crippen LogP contribution is -2.45. The zero-order chi connectivity index (χ0) is 14.9. The molecule has 20 heavy (non-hydrogen) atoms. The van der Waals surface area contributed by atoms with Gasteiger partial charge in [-0.3, -0.25) is 0 Å². The lowest BCUT2D eigenvalue weighted by Gasteiger charge is -2.35. The first kappa shape index (κ1) is 16.2. The molecule has 4 nitrogen and oxygen atoms in total. The minimum atomic E-state index is -3.55. The second-order valence-electron chi connectivity index (χ2n) is 5.20. The third kappa shape index (κ3) is 3.20. The molecule has 0 spiro atoms. The maximum Gasteiger partial charge on any atom is 0.244 e. The summed E-state index contributed by atoms with van der Waals surface area (Å²) in [6.45, 7) is 3.61. The molecule has 1 aliphatic rings. The lowest BCUT2D eigenvalue weighted by molar-refractivity contribution is 0.203. The average molecular weight is 382 g/mol. The average Bonchev–Trinajstić information content (AvgIpc) is 2.38. The van der Waals surface area contributed by atoms with Gasteiger partial charge in [-0.1, -0.05) is 34.5 Å². The predicted molar refractivity (Wildman–Crippen MR) is 84.2 cm³/mol. The van der Waals surface area contributed by atoms with Gasteiger partial charge >= 0.3 is 0 Å². The van der Waals surface area contributed by atoms with Gasteiger partial charge in [0.2, 0.25) is 10.0 Å². The topological polar surface area (TPSA) is 63.4 Å². The third-order valence-electron chi connectivity index (χ3n) is 3.89. The standard InChI is InChI=1S/C13H18BrClN2O2S/c1-9-4-5-17(8-10(9)7-16)20(18,19)13-3-2-11(14)6-12(13)15/h2-3,6,9-10H,4-5,7-8,16H2,1H3. The molecule has 1 fully saturated rings. The van der Waals surface area contributed by atoms with Crippen LogP contribution in [0.5, 0.6) is 0 Å². The fraction of sp³-hybridized carbons (Fsp3) is 0.538. The van der Waals surface area contributed by atoms with Gasteiger partial charge in [-0.05, 0) is 43.0 Å². The van der Waals surface area contributed by atoms with Crippen molar-refractivity contribution in [2.45, 2.75) is 18.2 Å². The van der Waals surface area contributed by atoms with Crippen LogP contribution in [0.1, 0.15) is 13.3 Å². The molecule has 1 aromatic rings. The van der Waals surface area contributed by atoms with Crippen molar-refractivity contribution in [1.29, 1.82) is 0 Å². The van der Waals surface area contributed by atoms with E-state index in [1.54, 1.807) is 12.1 Å². The number of hydrogen-bond acceptors (Lipinski definition) is 3. The van der Waals surface area contributed by atoms with Crippen LogP contribution in [-0.4, -0.2) is 32.4 Å². The first-order chi connectivity index (χ1) is 9.36.